The molecular weight excluding hydrogens is 393 g/mol. The fourth-order valence-corrected chi connectivity index (χ4v) is 3.39. The standard InChI is InChI=1S/C18H21F3N4O4/c1-29-13-4-2-12(3-5-13)25-9-14(23-17(25)28)16(27)24-7-6-11(8-24)15(26)22-10-18(19,20)21/h2-5,11,14H,6-10H2,1H3,(H,22,26)(H,23,28). The minimum Gasteiger partial charge on any atom is -0.497 e. The lowest BCUT2D eigenvalue weighted by molar-refractivity contribution is -0.141. The van der Waals surface area contributed by atoms with E-state index in [1.54, 1.807) is 24.3 Å². The maximum Gasteiger partial charge on any atom is 0.405 e. The summed E-state index contributed by atoms with van der Waals surface area (Å²) < 4.78 is 41.8. The van der Waals surface area contributed by atoms with Gasteiger partial charge in [0.15, 0.2) is 0 Å². The molecule has 11 heteroatoms. The van der Waals surface area contributed by atoms with Crippen LogP contribution in [0.3, 0.4) is 0 Å². The van der Waals surface area contributed by atoms with Gasteiger partial charge in [-0.25, -0.2) is 4.79 Å². The number of anilines is 1. The Kier molecular flexibility index (Phi) is 5.85. The molecule has 2 saturated heterocycles. The number of ether oxygens (including phenoxy) is 1. The third-order valence-corrected chi connectivity index (χ3v) is 4.92. The highest BCUT2D eigenvalue weighted by Gasteiger charge is 2.40. The van der Waals surface area contributed by atoms with Crippen LogP contribution in [-0.2, 0) is 9.59 Å². The Morgan fingerprint density at radius 1 is 1.24 bits per heavy atom. The van der Waals surface area contributed by atoms with Gasteiger partial charge in [-0.3, -0.25) is 14.5 Å². The number of amides is 4. The number of halogens is 3. The Morgan fingerprint density at radius 2 is 1.93 bits per heavy atom. The SMILES string of the molecule is COc1ccc(N2CC(C(=O)N3CCC(C(=O)NCC(F)(F)F)C3)NC2=O)cc1. The first-order valence-corrected chi connectivity index (χ1v) is 9.03. The van der Waals surface area contributed by atoms with Crippen molar-refractivity contribution >= 4 is 23.5 Å². The minimum absolute atomic E-state index is 0.0252. The molecule has 2 atom stereocenters. The first-order chi connectivity index (χ1) is 13.7. The number of hydrogen-bond donors (Lipinski definition) is 2. The molecule has 2 aliphatic rings. The van der Waals surface area contributed by atoms with E-state index in [1.165, 1.54) is 16.9 Å². The molecule has 2 aliphatic heterocycles. The van der Waals surface area contributed by atoms with Crippen molar-refractivity contribution in [2.45, 2.75) is 18.6 Å². The first kappa shape index (κ1) is 20.7. The highest BCUT2D eigenvalue weighted by molar-refractivity contribution is 6.00. The van der Waals surface area contributed by atoms with Gasteiger partial charge in [0.2, 0.25) is 11.8 Å². The lowest BCUT2D eigenvalue weighted by atomic mass is 10.1. The summed E-state index contributed by atoms with van der Waals surface area (Å²) in [7, 11) is 1.53. The maximum atomic E-state index is 12.7. The number of nitrogens with one attached hydrogen (secondary N) is 2. The van der Waals surface area contributed by atoms with E-state index < -0.39 is 36.6 Å². The molecule has 1 aromatic rings. The molecule has 2 heterocycles. The van der Waals surface area contributed by atoms with Crippen LogP contribution in [0.2, 0.25) is 0 Å². The summed E-state index contributed by atoms with van der Waals surface area (Å²) in [5.41, 5.74) is 0.601. The van der Waals surface area contributed by atoms with Crippen LogP contribution in [0, 0.1) is 5.92 Å². The summed E-state index contributed by atoms with van der Waals surface area (Å²) in [6.07, 6.45) is -4.21. The van der Waals surface area contributed by atoms with E-state index in [9.17, 15) is 27.6 Å². The van der Waals surface area contributed by atoms with Gasteiger partial charge >= 0.3 is 12.2 Å². The van der Waals surface area contributed by atoms with E-state index in [4.69, 9.17) is 4.74 Å². The number of alkyl halides is 3. The second-order valence-corrected chi connectivity index (χ2v) is 6.91. The zero-order valence-corrected chi connectivity index (χ0v) is 15.7. The highest BCUT2D eigenvalue weighted by atomic mass is 19.4. The Bertz CT molecular complexity index is 784. The molecule has 0 aliphatic carbocycles. The number of likely N-dealkylation sites (tertiary alicyclic amines) is 1. The fraction of sp³-hybridized carbons (Fsp3) is 0.500. The lowest BCUT2D eigenvalue weighted by Crippen LogP contribution is -2.45. The second kappa shape index (κ2) is 8.18. The summed E-state index contributed by atoms with van der Waals surface area (Å²) in [5, 5.41) is 4.46. The number of hydrogen-bond acceptors (Lipinski definition) is 4. The molecule has 2 unspecified atom stereocenters. The largest absolute Gasteiger partial charge is 0.497 e. The van der Waals surface area contributed by atoms with E-state index in [1.807, 2.05) is 5.32 Å². The molecule has 29 heavy (non-hydrogen) atoms. The molecule has 2 fully saturated rings. The summed E-state index contributed by atoms with van der Waals surface area (Å²) in [4.78, 5) is 39.7. The van der Waals surface area contributed by atoms with Crippen molar-refractivity contribution in [1.29, 1.82) is 0 Å². The van der Waals surface area contributed by atoms with Crippen LogP contribution >= 0.6 is 0 Å². The molecule has 0 aromatic heterocycles. The van der Waals surface area contributed by atoms with Gasteiger partial charge in [0.25, 0.3) is 0 Å². The molecule has 0 radical (unpaired) electrons. The Balaban J connectivity index is 1.56. The molecular formula is C18H21F3N4O4. The van der Waals surface area contributed by atoms with Crippen molar-refractivity contribution in [2.75, 3.05) is 38.2 Å². The van der Waals surface area contributed by atoms with Crippen LogP contribution in [0.1, 0.15) is 6.42 Å². The summed E-state index contributed by atoms with van der Waals surface area (Å²) in [6.45, 7) is -1.01. The smallest absolute Gasteiger partial charge is 0.405 e. The maximum absolute atomic E-state index is 12.7. The molecule has 158 valence electrons. The zero-order chi connectivity index (χ0) is 21.2. The van der Waals surface area contributed by atoms with Crippen LogP contribution < -0.4 is 20.3 Å². The molecule has 1 aromatic carbocycles. The van der Waals surface area contributed by atoms with E-state index in [-0.39, 0.29) is 32.0 Å². The van der Waals surface area contributed by atoms with Gasteiger partial charge < -0.3 is 20.3 Å². The van der Waals surface area contributed by atoms with Crippen molar-refractivity contribution in [1.82, 2.24) is 15.5 Å². The summed E-state index contributed by atoms with van der Waals surface area (Å²) >= 11 is 0. The topological polar surface area (TPSA) is 91.0 Å². The fourth-order valence-electron chi connectivity index (χ4n) is 3.39. The highest BCUT2D eigenvalue weighted by Crippen LogP contribution is 2.24. The molecule has 0 bridgehead atoms. The van der Waals surface area contributed by atoms with E-state index in [2.05, 4.69) is 5.32 Å². The van der Waals surface area contributed by atoms with Crippen molar-refractivity contribution in [3.8, 4) is 5.75 Å². The number of nitrogens with zero attached hydrogens (tertiary/aromatic N) is 2. The van der Waals surface area contributed by atoms with Crippen molar-refractivity contribution in [2.24, 2.45) is 5.92 Å². The molecule has 0 spiro atoms. The van der Waals surface area contributed by atoms with Gasteiger partial charge in [0, 0.05) is 18.8 Å². The van der Waals surface area contributed by atoms with Crippen molar-refractivity contribution in [3.63, 3.8) is 0 Å². The Hall–Kier alpha value is -2.98. The van der Waals surface area contributed by atoms with Gasteiger partial charge in [-0.15, -0.1) is 0 Å². The molecule has 4 amide bonds. The van der Waals surface area contributed by atoms with Gasteiger partial charge in [-0.2, -0.15) is 13.2 Å². The average Bonchev–Trinajstić information content (AvgIpc) is 3.32. The van der Waals surface area contributed by atoms with Crippen LogP contribution in [0.5, 0.6) is 5.75 Å². The molecule has 3 rings (SSSR count). The van der Waals surface area contributed by atoms with E-state index >= 15 is 0 Å². The molecule has 0 saturated carbocycles. The third kappa shape index (κ3) is 4.90. The Morgan fingerprint density at radius 3 is 2.55 bits per heavy atom. The average molecular weight is 414 g/mol. The summed E-state index contributed by atoms with van der Waals surface area (Å²) in [6, 6.07) is 5.57. The van der Waals surface area contributed by atoms with Crippen LogP contribution in [0.25, 0.3) is 0 Å². The van der Waals surface area contributed by atoms with Gasteiger partial charge in [-0.05, 0) is 30.7 Å². The monoisotopic (exact) mass is 414 g/mol. The van der Waals surface area contributed by atoms with Crippen LogP contribution in [0.15, 0.2) is 24.3 Å². The van der Waals surface area contributed by atoms with Gasteiger partial charge in [0.1, 0.15) is 18.3 Å². The normalized spacial score (nSPS) is 21.9. The van der Waals surface area contributed by atoms with Crippen LogP contribution in [0.4, 0.5) is 23.7 Å². The van der Waals surface area contributed by atoms with Gasteiger partial charge in [0.05, 0.1) is 19.6 Å². The number of urea groups is 1. The number of rotatable bonds is 5. The quantitative estimate of drug-likeness (QED) is 0.756. The van der Waals surface area contributed by atoms with Crippen LogP contribution in [-0.4, -0.2) is 68.3 Å². The van der Waals surface area contributed by atoms with E-state index in [0.717, 1.165) is 0 Å². The summed E-state index contributed by atoms with van der Waals surface area (Å²) in [5.74, 6) is -1.16. The second-order valence-electron chi connectivity index (χ2n) is 6.91. The predicted molar refractivity (Wildman–Crippen MR) is 96.4 cm³/mol. The number of carbonyl (C=O) groups excluding carboxylic acids is 3. The third-order valence-electron chi connectivity index (χ3n) is 4.92. The molecule has 2 N–H and O–H groups in total. The van der Waals surface area contributed by atoms with E-state index in [0.29, 0.717) is 11.4 Å². The predicted octanol–water partition coefficient (Wildman–Crippen LogP) is 1.12. The molecule has 8 nitrogen and oxygen atoms in total. The Labute approximate surface area is 165 Å². The van der Waals surface area contributed by atoms with Crippen molar-refractivity contribution < 1.29 is 32.3 Å². The van der Waals surface area contributed by atoms with Crippen molar-refractivity contribution in [3.05, 3.63) is 24.3 Å². The minimum atomic E-state index is -4.48. The zero-order valence-electron chi connectivity index (χ0n) is 15.7. The lowest BCUT2D eigenvalue weighted by Gasteiger charge is -2.20. The number of methoxy groups -OCH3 is 1. The number of benzene rings is 1. The number of carbonyl (C=O) groups is 3. The first-order valence-electron chi connectivity index (χ1n) is 9.03. The van der Waals surface area contributed by atoms with Gasteiger partial charge in [-0.1, -0.05) is 0 Å².